The molecule has 0 saturated carbocycles. The topological polar surface area (TPSA) is 33.4 Å². The van der Waals surface area contributed by atoms with Gasteiger partial charge in [-0.15, -0.1) is 0 Å². The van der Waals surface area contributed by atoms with E-state index in [1.165, 1.54) is 81.1 Å². The summed E-state index contributed by atoms with van der Waals surface area (Å²) in [5.74, 6) is 0.783. The van der Waals surface area contributed by atoms with Crippen molar-refractivity contribution < 1.29 is 14.1 Å². The van der Waals surface area contributed by atoms with Crippen LogP contribution in [0.1, 0.15) is 107 Å². The maximum atomic E-state index is 12.5. The molecule has 0 aliphatic heterocycles. The molecule has 6 heteroatoms. The first kappa shape index (κ1) is 33.1. The fourth-order valence-corrected chi connectivity index (χ4v) is 6.10. The van der Waals surface area contributed by atoms with Crippen LogP contribution in [-0.4, -0.2) is 19.1 Å². The molecule has 0 saturated heterocycles. The third-order valence-electron chi connectivity index (χ3n) is 7.56. The van der Waals surface area contributed by atoms with Crippen molar-refractivity contribution in [2.24, 2.45) is 0 Å². The van der Waals surface area contributed by atoms with E-state index < -0.39 is 0 Å². The van der Waals surface area contributed by atoms with Gasteiger partial charge in [0.2, 0.25) is 11.4 Å². The number of hydrogen-bond donors (Lipinski definition) is 0. The zero-order valence-electron chi connectivity index (χ0n) is 25.5. The second-order valence-corrected chi connectivity index (χ2v) is 12.7. The Kier molecular flexibility index (Phi) is 15.3. The number of hydrogen-bond acceptors (Lipinski definition) is 3. The van der Waals surface area contributed by atoms with Gasteiger partial charge in [-0.05, 0) is 49.6 Å². The number of aromatic nitrogens is 1. The average Bonchev–Trinajstić information content (AvgIpc) is 3.36. The number of amides is 1. The molecule has 0 bridgehead atoms. The van der Waals surface area contributed by atoms with Crippen LogP contribution in [0.2, 0.25) is 5.02 Å². The van der Waals surface area contributed by atoms with E-state index in [4.69, 9.17) is 16.3 Å². The minimum atomic E-state index is 0.0367. The standard InChI is InChI=1S/C35H50ClN2O2S/c1-4-5-6-7-8-9-10-11-12-13-14-15-23-40-35-20-19-31(25-34(35)36)21-22-38(30(3)39)33-18-16-17-32(24-33)27-37-26-29(2)41-28-37/h16-20,24-26,28H,4-15,21-23,27H2,1-3H3/q+1. The van der Waals surface area contributed by atoms with Gasteiger partial charge in [0.05, 0.1) is 16.5 Å². The summed E-state index contributed by atoms with van der Waals surface area (Å²) in [5.41, 5.74) is 5.32. The molecule has 0 spiro atoms. The van der Waals surface area contributed by atoms with E-state index in [0.29, 0.717) is 18.2 Å². The minimum absolute atomic E-state index is 0.0367. The first-order chi connectivity index (χ1) is 20.0. The second kappa shape index (κ2) is 18.9. The lowest BCUT2D eigenvalue weighted by molar-refractivity contribution is -0.683. The Morgan fingerprint density at radius 2 is 1.59 bits per heavy atom. The second-order valence-electron chi connectivity index (χ2n) is 11.2. The minimum Gasteiger partial charge on any atom is -0.492 e. The van der Waals surface area contributed by atoms with Crippen LogP contribution in [0.3, 0.4) is 0 Å². The highest BCUT2D eigenvalue weighted by molar-refractivity contribution is 7.09. The summed E-state index contributed by atoms with van der Waals surface area (Å²) < 4.78 is 8.16. The van der Waals surface area contributed by atoms with Crippen LogP contribution in [-0.2, 0) is 17.8 Å². The molecule has 3 aromatic rings. The molecule has 1 heterocycles. The predicted octanol–water partition coefficient (Wildman–Crippen LogP) is 9.72. The van der Waals surface area contributed by atoms with E-state index in [1.807, 2.05) is 29.2 Å². The van der Waals surface area contributed by atoms with Gasteiger partial charge in [-0.2, -0.15) is 4.57 Å². The lowest BCUT2D eigenvalue weighted by atomic mass is 10.1. The largest absolute Gasteiger partial charge is 0.492 e. The van der Waals surface area contributed by atoms with Gasteiger partial charge in [0, 0.05) is 24.7 Å². The molecule has 3 rings (SSSR count). The summed E-state index contributed by atoms with van der Waals surface area (Å²) in [7, 11) is 0. The monoisotopic (exact) mass is 597 g/mol. The van der Waals surface area contributed by atoms with Crippen LogP contribution in [0, 0.1) is 6.92 Å². The summed E-state index contributed by atoms with van der Waals surface area (Å²) in [6.07, 6.45) is 18.9. The van der Waals surface area contributed by atoms with Gasteiger partial charge in [0.1, 0.15) is 5.75 Å². The molecule has 224 valence electrons. The maximum absolute atomic E-state index is 12.5. The molecule has 0 fully saturated rings. The maximum Gasteiger partial charge on any atom is 0.225 e. The molecule has 0 N–H and O–H groups in total. The van der Waals surface area contributed by atoms with Crippen molar-refractivity contribution in [2.75, 3.05) is 18.1 Å². The first-order valence-electron chi connectivity index (χ1n) is 15.7. The Labute approximate surface area is 257 Å². The van der Waals surface area contributed by atoms with Crippen LogP contribution >= 0.6 is 22.9 Å². The number of nitrogens with zero attached hydrogens (tertiary/aromatic N) is 2. The van der Waals surface area contributed by atoms with Crippen molar-refractivity contribution in [1.82, 2.24) is 0 Å². The third-order valence-corrected chi connectivity index (χ3v) is 8.71. The molecular formula is C35H50ClN2O2S+. The summed E-state index contributed by atoms with van der Waals surface area (Å²) in [5, 5.41) is 0.640. The molecule has 41 heavy (non-hydrogen) atoms. The van der Waals surface area contributed by atoms with E-state index in [9.17, 15) is 4.79 Å². The van der Waals surface area contributed by atoms with Crippen LogP contribution in [0.15, 0.2) is 54.2 Å². The molecule has 2 aromatic carbocycles. The van der Waals surface area contributed by atoms with Gasteiger partial charge in [-0.1, -0.05) is 119 Å². The number of carbonyl (C=O) groups is 1. The third kappa shape index (κ3) is 12.6. The smallest absolute Gasteiger partial charge is 0.225 e. The predicted molar refractivity (Wildman–Crippen MR) is 175 cm³/mol. The fourth-order valence-electron chi connectivity index (χ4n) is 5.21. The number of carbonyl (C=O) groups excluding carboxylic acids is 1. The number of halogens is 1. The van der Waals surface area contributed by atoms with E-state index in [2.05, 4.69) is 48.3 Å². The van der Waals surface area contributed by atoms with E-state index >= 15 is 0 Å². The highest BCUT2D eigenvalue weighted by Gasteiger charge is 2.14. The Morgan fingerprint density at radius 3 is 2.20 bits per heavy atom. The molecule has 1 amide bonds. The number of rotatable bonds is 20. The number of benzene rings is 2. The Morgan fingerprint density at radius 1 is 0.902 bits per heavy atom. The lowest BCUT2D eigenvalue weighted by Crippen LogP contribution is -2.32. The summed E-state index contributed by atoms with van der Waals surface area (Å²) in [6.45, 7) is 8.10. The van der Waals surface area contributed by atoms with Crippen molar-refractivity contribution in [3.63, 3.8) is 0 Å². The quantitative estimate of drug-likeness (QED) is 0.0959. The van der Waals surface area contributed by atoms with Gasteiger partial charge in [-0.3, -0.25) is 4.79 Å². The SMILES string of the molecule is CCCCCCCCCCCCCCOc1ccc(CCN(C(C)=O)c2cccc(C[n+]3csc(C)c3)c2)cc1Cl. The molecular weight excluding hydrogens is 548 g/mol. The number of unbranched alkanes of at least 4 members (excludes halogenated alkanes) is 11. The molecule has 0 atom stereocenters. The molecule has 0 radical (unpaired) electrons. The van der Waals surface area contributed by atoms with Gasteiger partial charge in [0.25, 0.3) is 0 Å². The van der Waals surface area contributed by atoms with Crippen LogP contribution in [0.5, 0.6) is 5.75 Å². The van der Waals surface area contributed by atoms with Crippen molar-refractivity contribution in [1.29, 1.82) is 0 Å². The van der Waals surface area contributed by atoms with E-state index in [-0.39, 0.29) is 5.91 Å². The zero-order valence-corrected chi connectivity index (χ0v) is 27.1. The molecule has 0 aliphatic rings. The van der Waals surface area contributed by atoms with Crippen LogP contribution in [0.4, 0.5) is 5.69 Å². The van der Waals surface area contributed by atoms with Crippen molar-refractivity contribution in [2.45, 2.75) is 111 Å². The lowest BCUT2D eigenvalue weighted by Gasteiger charge is -2.22. The first-order valence-corrected chi connectivity index (χ1v) is 16.9. The van der Waals surface area contributed by atoms with Gasteiger partial charge < -0.3 is 9.64 Å². The van der Waals surface area contributed by atoms with E-state index in [0.717, 1.165) is 36.4 Å². The Bertz CT molecular complexity index is 1180. The van der Waals surface area contributed by atoms with Crippen molar-refractivity contribution in [3.8, 4) is 5.75 Å². The van der Waals surface area contributed by atoms with Crippen LogP contribution < -0.4 is 14.2 Å². The molecule has 4 nitrogen and oxygen atoms in total. The number of ether oxygens (including phenoxy) is 1. The Balaban J connectivity index is 1.36. The highest BCUT2D eigenvalue weighted by atomic mass is 35.5. The summed E-state index contributed by atoms with van der Waals surface area (Å²) in [4.78, 5) is 15.7. The zero-order chi connectivity index (χ0) is 29.3. The average molecular weight is 598 g/mol. The van der Waals surface area contributed by atoms with Gasteiger partial charge in [-0.25, -0.2) is 0 Å². The fraction of sp³-hybridized carbons (Fsp3) is 0.543. The summed E-state index contributed by atoms with van der Waals surface area (Å²) in [6, 6.07) is 14.3. The number of thiazole rings is 1. The Hall–Kier alpha value is -2.37. The molecule has 0 unspecified atom stereocenters. The van der Waals surface area contributed by atoms with Gasteiger partial charge >= 0.3 is 0 Å². The van der Waals surface area contributed by atoms with Gasteiger partial charge in [0.15, 0.2) is 12.7 Å². The van der Waals surface area contributed by atoms with E-state index in [1.54, 1.807) is 18.3 Å². The number of aryl methyl sites for hydroxylation is 1. The number of anilines is 1. The van der Waals surface area contributed by atoms with Crippen LogP contribution in [0.25, 0.3) is 0 Å². The summed E-state index contributed by atoms with van der Waals surface area (Å²) >= 11 is 8.31. The highest BCUT2D eigenvalue weighted by Crippen LogP contribution is 2.27. The van der Waals surface area contributed by atoms with Crippen molar-refractivity contribution >= 4 is 34.5 Å². The van der Waals surface area contributed by atoms with Crippen molar-refractivity contribution in [3.05, 3.63) is 75.2 Å². The molecule has 0 aliphatic carbocycles. The molecule has 1 aromatic heterocycles. The normalized spacial score (nSPS) is 11.1.